The van der Waals surface area contributed by atoms with Crippen LogP contribution in [0.25, 0.3) is 55.0 Å². The largest absolute Gasteiger partial charge is 0.353 e. The average molecular weight is 394 g/mol. The molecule has 0 radical (unpaired) electrons. The molecule has 0 aliphatic heterocycles. The number of fused-ring (bicyclic) bond motifs is 2. The summed E-state index contributed by atoms with van der Waals surface area (Å²) < 4.78 is 0. The Kier molecular flexibility index (Phi) is 3.54. The van der Waals surface area contributed by atoms with Crippen LogP contribution in [-0.2, 0) is 0 Å². The van der Waals surface area contributed by atoms with E-state index in [-0.39, 0.29) is 0 Å². The highest BCUT2D eigenvalue weighted by Crippen LogP contribution is 2.34. The molecule has 6 heterocycles. The van der Waals surface area contributed by atoms with Gasteiger partial charge in [0.25, 0.3) is 0 Å². The Bertz CT molecular complexity index is 1450. The van der Waals surface area contributed by atoms with E-state index in [4.69, 9.17) is 0 Å². The van der Waals surface area contributed by atoms with Crippen molar-refractivity contribution in [2.75, 3.05) is 0 Å². The fraction of sp³-hybridized carbons (Fsp3) is 0. The molecule has 0 bridgehead atoms. The van der Waals surface area contributed by atoms with Crippen molar-refractivity contribution in [1.29, 1.82) is 0 Å². The molecule has 0 aromatic carbocycles. The van der Waals surface area contributed by atoms with Crippen LogP contribution < -0.4 is 0 Å². The van der Waals surface area contributed by atoms with E-state index in [9.17, 15) is 0 Å². The van der Waals surface area contributed by atoms with Crippen molar-refractivity contribution >= 4 is 33.1 Å². The number of thiophene rings is 1. The molecule has 29 heavy (non-hydrogen) atoms. The number of pyridine rings is 3. The van der Waals surface area contributed by atoms with E-state index < -0.39 is 0 Å². The predicted molar refractivity (Wildman–Crippen MR) is 116 cm³/mol. The lowest BCUT2D eigenvalue weighted by molar-refractivity contribution is 1.11. The van der Waals surface area contributed by atoms with E-state index in [1.54, 1.807) is 17.5 Å². The number of rotatable bonds is 3. The summed E-state index contributed by atoms with van der Waals surface area (Å²) in [5.74, 6) is 0. The minimum atomic E-state index is 0.862. The van der Waals surface area contributed by atoms with Crippen LogP contribution in [-0.4, -0.2) is 30.1 Å². The molecule has 0 saturated heterocycles. The standard InChI is InChI=1S/C22H14N6S/c1-3-13(11-23-6-1)17-9-15-19(12-25-17)27-28-21(15)18-10-14-16(26-18)5-7-24-22(14)20-4-2-8-29-20/h1-12,26H,(H,27,28). The summed E-state index contributed by atoms with van der Waals surface area (Å²) in [5, 5.41) is 11.8. The van der Waals surface area contributed by atoms with Crippen LogP contribution in [0.15, 0.2) is 72.6 Å². The average Bonchev–Trinajstić information content (AvgIpc) is 3.52. The molecule has 0 aliphatic rings. The van der Waals surface area contributed by atoms with Crippen molar-refractivity contribution in [3.05, 3.63) is 72.6 Å². The SMILES string of the molecule is c1cncc(-c2cc3c(-c4cc5c(-c6cccs6)nccc5[nH]4)n[nH]c3cn2)c1. The smallest absolute Gasteiger partial charge is 0.116 e. The highest BCUT2D eigenvalue weighted by atomic mass is 32.1. The molecule has 6 aromatic rings. The van der Waals surface area contributed by atoms with Crippen molar-refractivity contribution in [2.45, 2.75) is 0 Å². The van der Waals surface area contributed by atoms with Gasteiger partial charge in [-0.2, -0.15) is 5.10 Å². The third-order valence-electron chi connectivity index (χ3n) is 4.96. The number of H-pyrrole nitrogens is 2. The molecule has 6 rings (SSSR count). The monoisotopic (exact) mass is 394 g/mol. The molecule has 7 heteroatoms. The Morgan fingerprint density at radius 1 is 0.828 bits per heavy atom. The van der Waals surface area contributed by atoms with Gasteiger partial charge in [0.2, 0.25) is 0 Å². The van der Waals surface area contributed by atoms with Crippen molar-refractivity contribution < 1.29 is 0 Å². The zero-order valence-electron chi connectivity index (χ0n) is 15.1. The predicted octanol–water partition coefficient (Wildman–Crippen LogP) is 5.29. The first-order chi connectivity index (χ1) is 14.4. The first kappa shape index (κ1) is 16.1. The van der Waals surface area contributed by atoms with Gasteiger partial charge in [-0.1, -0.05) is 6.07 Å². The third kappa shape index (κ3) is 2.63. The van der Waals surface area contributed by atoms with Crippen molar-refractivity contribution in [3.8, 4) is 33.2 Å². The number of nitrogens with one attached hydrogen (secondary N) is 2. The summed E-state index contributed by atoms with van der Waals surface area (Å²) in [7, 11) is 0. The maximum absolute atomic E-state index is 4.61. The molecule has 138 valence electrons. The molecule has 0 fully saturated rings. The van der Waals surface area contributed by atoms with Gasteiger partial charge in [-0.05, 0) is 41.8 Å². The second-order valence-electron chi connectivity index (χ2n) is 6.71. The Hall–Kier alpha value is -3.84. The van der Waals surface area contributed by atoms with E-state index in [0.29, 0.717) is 0 Å². The summed E-state index contributed by atoms with van der Waals surface area (Å²) in [5.41, 5.74) is 6.56. The van der Waals surface area contributed by atoms with Gasteiger partial charge in [-0.25, -0.2) is 0 Å². The second kappa shape index (κ2) is 6.35. The van der Waals surface area contributed by atoms with Crippen LogP contribution in [0.1, 0.15) is 0 Å². The summed E-state index contributed by atoms with van der Waals surface area (Å²) in [6.45, 7) is 0. The van der Waals surface area contributed by atoms with Gasteiger partial charge in [0, 0.05) is 40.4 Å². The number of hydrogen-bond donors (Lipinski definition) is 2. The summed E-state index contributed by atoms with van der Waals surface area (Å²) in [6.07, 6.45) is 7.23. The summed E-state index contributed by atoms with van der Waals surface area (Å²) in [6, 6.07) is 14.2. The van der Waals surface area contributed by atoms with Crippen LogP contribution >= 0.6 is 11.3 Å². The number of aromatic amines is 2. The van der Waals surface area contributed by atoms with E-state index in [1.165, 1.54) is 0 Å². The first-order valence-corrected chi connectivity index (χ1v) is 10.0. The van der Waals surface area contributed by atoms with E-state index in [1.807, 2.05) is 42.9 Å². The quantitative estimate of drug-likeness (QED) is 0.427. The van der Waals surface area contributed by atoms with Gasteiger partial charge in [-0.3, -0.25) is 20.1 Å². The molecular weight excluding hydrogens is 380 g/mol. The highest BCUT2D eigenvalue weighted by Gasteiger charge is 2.15. The maximum atomic E-state index is 4.61. The Balaban J connectivity index is 1.53. The molecule has 0 spiro atoms. The Morgan fingerprint density at radius 3 is 2.66 bits per heavy atom. The molecule has 0 unspecified atom stereocenters. The minimum Gasteiger partial charge on any atom is -0.353 e. The van der Waals surface area contributed by atoms with Crippen LogP contribution in [0.2, 0.25) is 0 Å². The first-order valence-electron chi connectivity index (χ1n) is 9.13. The van der Waals surface area contributed by atoms with Crippen LogP contribution in [0, 0.1) is 0 Å². The number of nitrogens with zero attached hydrogens (tertiary/aromatic N) is 4. The fourth-order valence-corrected chi connectivity index (χ4v) is 4.32. The molecule has 0 atom stereocenters. The molecule has 2 N–H and O–H groups in total. The lowest BCUT2D eigenvalue weighted by atomic mass is 10.1. The lowest BCUT2D eigenvalue weighted by Crippen LogP contribution is -1.85. The van der Waals surface area contributed by atoms with E-state index in [0.717, 1.165) is 55.0 Å². The summed E-state index contributed by atoms with van der Waals surface area (Å²) in [4.78, 5) is 18.0. The maximum Gasteiger partial charge on any atom is 0.116 e. The molecule has 0 saturated carbocycles. The molecular formula is C22H14N6S. The van der Waals surface area contributed by atoms with Gasteiger partial charge in [0.1, 0.15) is 5.69 Å². The van der Waals surface area contributed by atoms with Gasteiger partial charge >= 0.3 is 0 Å². The normalized spacial score (nSPS) is 11.4. The molecule has 0 aliphatic carbocycles. The Morgan fingerprint density at radius 2 is 1.79 bits per heavy atom. The topological polar surface area (TPSA) is 83.1 Å². The summed E-state index contributed by atoms with van der Waals surface area (Å²) >= 11 is 1.69. The molecule has 6 aromatic heterocycles. The Labute approximate surface area is 169 Å². The van der Waals surface area contributed by atoms with E-state index >= 15 is 0 Å². The van der Waals surface area contributed by atoms with Gasteiger partial charge in [-0.15, -0.1) is 11.3 Å². The highest BCUT2D eigenvalue weighted by molar-refractivity contribution is 7.13. The van der Waals surface area contributed by atoms with Crippen LogP contribution in [0.4, 0.5) is 0 Å². The fourth-order valence-electron chi connectivity index (χ4n) is 3.59. The van der Waals surface area contributed by atoms with Crippen molar-refractivity contribution in [3.63, 3.8) is 0 Å². The van der Waals surface area contributed by atoms with Gasteiger partial charge in [0.05, 0.1) is 33.7 Å². The van der Waals surface area contributed by atoms with Gasteiger partial charge in [0.15, 0.2) is 0 Å². The third-order valence-corrected chi connectivity index (χ3v) is 5.84. The zero-order valence-corrected chi connectivity index (χ0v) is 15.9. The molecule has 6 nitrogen and oxygen atoms in total. The van der Waals surface area contributed by atoms with E-state index in [2.05, 4.69) is 53.7 Å². The van der Waals surface area contributed by atoms with Crippen molar-refractivity contribution in [1.82, 2.24) is 30.1 Å². The van der Waals surface area contributed by atoms with Crippen LogP contribution in [0.3, 0.4) is 0 Å². The van der Waals surface area contributed by atoms with Crippen LogP contribution in [0.5, 0.6) is 0 Å². The zero-order chi connectivity index (χ0) is 19.2. The van der Waals surface area contributed by atoms with Gasteiger partial charge < -0.3 is 4.98 Å². The number of hydrogen-bond acceptors (Lipinski definition) is 5. The molecule has 0 amide bonds. The second-order valence-corrected chi connectivity index (χ2v) is 7.66. The number of aromatic nitrogens is 6. The lowest BCUT2D eigenvalue weighted by Gasteiger charge is -2.00. The van der Waals surface area contributed by atoms with Crippen molar-refractivity contribution in [2.24, 2.45) is 0 Å². The minimum absolute atomic E-state index is 0.862.